The molecule has 0 spiro atoms. The first-order chi connectivity index (χ1) is 27.6. The first-order valence-electron chi connectivity index (χ1n) is 21.0. The fourth-order valence-electron chi connectivity index (χ4n) is 8.06. The highest BCUT2D eigenvalue weighted by molar-refractivity contribution is 6.03. The topological polar surface area (TPSA) is 164 Å². The molecule has 0 radical (unpaired) electrons. The van der Waals surface area contributed by atoms with Gasteiger partial charge in [-0.05, 0) is 88.1 Å². The number of carbonyl (C=O) groups excluding carboxylic acids is 6. The summed E-state index contributed by atoms with van der Waals surface area (Å²) in [4.78, 5) is 84.8. The normalized spacial score (nSPS) is 19.2. The van der Waals surface area contributed by atoms with Crippen molar-refractivity contribution in [2.75, 3.05) is 52.5 Å². The van der Waals surface area contributed by atoms with Crippen LogP contribution in [0.3, 0.4) is 0 Å². The van der Waals surface area contributed by atoms with Gasteiger partial charge in [0.15, 0.2) is 6.61 Å². The molecule has 2 aromatic carbocycles. The van der Waals surface area contributed by atoms with Gasteiger partial charge >= 0.3 is 12.1 Å². The molecule has 2 saturated heterocycles. The molecule has 6 rings (SSSR count). The Morgan fingerprint density at radius 1 is 0.842 bits per heavy atom. The predicted molar refractivity (Wildman–Crippen MR) is 213 cm³/mol. The summed E-state index contributed by atoms with van der Waals surface area (Å²) in [6, 6.07) is 7.59. The molecule has 14 nitrogen and oxygen atoms in total. The van der Waals surface area contributed by atoms with E-state index in [0.717, 1.165) is 69.8 Å². The maximum atomic E-state index is 14.1. The summed E-state index contributed by atoms with van der Waals surface area (Å²) in [5, 5.41) is 7.37. The number of rotatable bonds is 16. The first-order valence-corrected chi connectivity index (χ1v) is 21.0. The smallest absolute Gasteiger partial charge is 0.409 e. The Hall–Kier alpha value is -4.88. The molecule has 4 fully saturated rings. The predicted octanol–water partition coefficient (Wildman–Crippen LogP) is 4.88. The van der Waals surface area contributed by atoms with E-state index in [1.165, 1.54) is 0 Å². The average molecular weight is 790 g/mol. The van der Waals surface area contributed by atoms with Crippen LogP contribution >= 0.6 is 0 Å². The Kier molecular flexibility index (Phi) is 14.7. The lowest BCUT2D eigenvalue weighted by atomic mass is 9.93. The van der Waals surface area contributed by atoms with E-state index in [4.69, 9.17) is 14.2 Å². The van der Waals surface area contributed by atoms with Crippen LogP contribution in [0.5, 0.6) is 5.75 Å². The van der Waals surface area contributed by atoms with Crippen LogP contribution in [0, 0.1) is 12.8 Å². The number of unbranched alkanes of at least 4 members (excludes halogenated alkanes) is 1. The van der Waals surface area contributed by atoms with E-state index < -0.39 is 30.1 Å². The van der Waals surface area contributed by atoms with E-state index in [-0.39, 0.29) is 75.0 Å². The number of esters is 1. The number of ether oxygens (including phenoxy) is 3. The number of likely N-dealkylation sites (tertiary alicyclic amines) is 1. The maximum Gasteiger partial charge on any atom is 0.409 e. The average Bonchev–Trinajstić information content (AvgIpc) is 3.92. The second-order valence-corrected chi connectivity index (χ2v) is 16.0. The van der Waals surface area contributed by atoms with Crippen LogP contribution in [0.2, 0.25) is 0 Å². The third-order valence-electron chi connectivity index (χ3n) is 11.8. The molecule has 57 heavy (non-hydrogen) atoms. The number of carbonyl (C=O) groups is 6. The minimum absolute atomic E-state index is 0.0310. The summed E-state index contributed by atoms with van der Waals surface area (Å²) >= 11 is 0. The zero-order valence-electron chi connectivity index (χ0n) is 33.6. The summed E-state index contributed by atoms with van der Waals surface area (Å²) < 4.78 is 17.1. The lowest BCUT2D eigenvalue weighted by Crippen LogP contribution is -2.56. The summed E-state index contributed by atoms with van der Waals surface area (Å²) in [5.74, 6) is -1.08. The van der Waals surface area contributed by atoms with E-state index >= 15 is 0 Å². The number of nitrogens with one attached hydrogen (secondary N) is 2. The number of benzene rings is 2. The molecule has 2 aromatic rings. The Morgan fingerprint density at radius 3 is 2.32 bits per heavy atom. The zero-order chi connectivity index (χ0) is 40.3. The fourth-order valence-corrected chi connectivity index (χ4v) is 8.06. The quantitative estimate of drug-likeness (QED) is 0.178. The lowest BCUT2D eigenvalue weighted by Gasteiger charge is -2.36. The van der Waals surface area contributed by atoms with Gasteiger partial charge in [-0.2, -0.15) is 0 Å². The molecule has 0 aromatic heterocycles. The minimum atomic E-state index is -1.04. The van der Waals surface area contributed by atoms with Gasteiger partial charge < -0.3 is 39.5 Å². The number of aryl methyl sites for hydroxylation is 1. The van der Waals surface area contributed by atoms with Gasteiger partial charge in [-0.25, -0.2) is 4.79 Å². The van der Waals surface area contributed by atoms with Gasteiger partial charge in [0.1, 0.15) is 17.8 Å². The molecular formula is C43H59N5O9. The van der Waals surface area contributed by atoms with Crippen molar-refractivity contribution >= 4 is 46.5 Å². The molecule has 2 N–H and O–H groups in total. The van der Waals surface area contributed by atoms with Crippen LogP contribution in [0.25, 0.3) is 10.8 Å². The van der Waals surface area contributed by atoms with Crippen LogP contribution in [-0.4, -0.2) is 121 Å². The molecule has 2 atom stereocenters. The molecule has 0 bridgehead atoms. The summed E-state index contributed by atoms with van der Waals surface area (Å²) in [6.07, 6.45) is 9.91. The zero-order valence-corrected chi connectivity index (χ0v) is 33.6. The number of amides is 5. The highest BCUT2D eigenvalue weighted by atomic mass is 16.6. The molecule has 4 aliphatic rings. The molecule has 310 valence electrons. The summed E-state index contributed by atoms with van der Waals surface area (Å²) in [5.41, 5.74) is 1.17. The van der Waals surface area contributed by atoms with Crippen molar-refractivity contribution in [3.8, 4) is 5.75 Å². The van der Waals surface area contributed by atoms with Crippen LogP contribution in [0.15, 0.2) is 30.3 Å². The standard InChI is InChI=1S/C43H59N5O9/c1-3-4-23-55-43(54)47-21-19-46(20-22-47)42(53)35(16-17-39(50)57-27-30-9-5-6-10-30)45-40(51)32-25-31-24-29(2)14-15-34(31)37(26-32)56-28-38(49)48-18-8-13-36(48)41(52)44-33-11-7-12-33/h14-15,24-26,30,33,35-36H,3-13,16-23,27-28H2,1-2H3,(H,44,52)(H,45,51)/t35-,36-/m0/s1. The molecule has 14 heteroatoms. The Morgan fingerprint density at radius 2 is 1.60 bits per heavy atom. The minimum Gasteiger partial charge on any atom is -0.483 e. The van der Waals surface area contributed by atoms with E-state index in [1.807, 2.05) is 32.0 Å². The third kappa shape index (κ3) is 11.2. The molecule has 2 heterocycles. The van der Waals surface area contributed by atoms with E-state index in [1.54, 1.807) is 26.8 Å². The van der Waals surface area contributed by atoms with Crippen molar-refractivity contribution in [1.29, 1.82) is 0 Å². The molecule has 2 aliphatic carbocycles. The van der Waals surface area contributed by atoms with Crippen LogP contribution < -0.4 is 15.4 Å². The van der Waals surface area contributed by atoms with E-state index in [9.17, 15) is 28.8 Å². The van der Waals surface area contributed by atoms with Crippen molar-refractivity contribution in [2.24, 2.45) is 5.92 Å². The van der Waals surface area contributed by atoms with Gasteiger partial charge in [0.05, 0.1) is 13.2 Å². The molecule has 2 saturated carbocycles. The lowest BCUT2D eigenvalue weighted by molar-refractivity contribution is -0.145. The van der Waals surface area contributed by atoms with Crippen LogP contribution in [0.4, 0.5) is 4.79 Å². The van der Waals surface area contributed by atoms with E-state index in [0.29, 0.717) is 48.6 Å². The van der Waals surface area contributed by atoms with E-state index in [2.05, 4.69) is 10.6 Å². The number of piperazine rings is 1. The molecular weight excluding hydrogens is 730 g/mol. The number of hydrogen-bond donors (Lipinski definition) is 2. The Balaban J connectivity index is 1.14. The van der Waals surface area contributed by atoms with Gasteiger partial charge in [0.25, 0.3) is 11.8 Å². The SMILES string of the molecule is CCCCOC(=O)N1CCN(C(=O)[C@H](CCC(=O)OCC2CCCC2)NC(=O)c2cc(OCC(=O)N3CCC[C@H]3C(=O)NC3CCC3)c3ccc(C)cc3c2)CC1. The molecule has 2 aliphatic heterocycles. The van der Waals surface area contributed by atoms with Crippen molar-refractivity contribution in [3.63, 3.8) is 0 Å². The number of nitrogens with zero attached hydrogens (tertiary/aromatic N) is 3. The number of hydrogen-bond acceptors (Lipinski definition) is 9. The second kappa shape index (κ2) is 20.0. The van der Waals surface area contributed by atoms with Crippen LogP contribution in [-0.2, 0) is 28.7 Å². The highest BCUT2D eigenvalue weighted by Crippen LogP contribution is 2.30. The number of fused-ring (bicyclic) bond motifs is 1. The Bertz CT molecular complexity index is 1770. The highest BCUT2D eigenvalue weighted by Gasteiger charge is 2.36. The third-order valence-corrected chi connectivity index (χ3v) is 11.8. The van der Waals surface area contributed by atoms with Gasteiger partial charge in [-0.3, -0.25) is 24.0 Å². The Labute approximate surface area is 335 Å². The summed E-state index contributed by atoms with van der Waals surface area (Å²) in [7, 11) is 0. The van der Waals surface area contributed by atoms with Gasteiger partial charge in [-0.1, -0.05) is 49.9 Å². The van der Waals surface area contributed by atoms with Crippen molar-refractivity contribution in [3.05, 3.63) is 41.5 Å². The first kappa shape index (κ1) is 41.7. The molecule has 0 unspecified atom stereocenters. The molecule has 5 amide bonds. The van der Waals surface area contributed by atoms with Crippen molar-refractivity contribution < 1.29 is 43.0 Å². The van der Waals surface area contributed by atoms with Crippen molar-refractivity contribution in [2.45, 2.75) is 115 Å². The monoisotopic (exact) mass is 789 g/mol. The van der Waals surface area contributed by atoms with Gasteiger partial charge in [-0.15, -0.1) is 0 Å². The van der Waals surface area contributed by atoms with Crippen LogP contribution in [0.1, 0.15) is 106 Å². The fraction of sp³-hybridized carbons (Fsp3) is 0.628. The maximum absolute atomic E-state index is 14.1. The largest absolute Gasteiger partial charge is 0.483 e. The van der Waals surface area contributed by atoms with Gasteiger partial charge in [0, 0.05) is 56.1 Å². The van der Waals surface area contributed by atoms with Gasteiger partial charge in [0.2, 0.25) is 11.8 Å². The summed E-state index contributed by atoms with van der Waals surface area (Å²) in [6.45, 7) is 5.87. The van der Waals surface area contributed by atoms with Crippen molar-refractivity contribution in [1.82, 2.24) is 25.3 Å². The second-order valence-electron chi connectivity index (χ2n) is 16.0.